The molecule has 2 aliphatic rings. The molecular weight excluding hydrogens is 210 g/mol. The molecule has 0 bridgehead atoms. The van der Waals surface area contributed by atoms with Crippen molar-refractivity contribution in [3.8, 4) is 0 Å². The summed E-state index contributed by atoms with van der Waals surface area (Å²) in [5, 5.41) is 3.44. The maximum Gasteiger partial charge on any atom is 0.109 e. The topological polar surface area (TPSA) is 29.9 Å². The highest BCUT2D eigenvalue weighted by Crippen LogP contribution is 2.24. The molecule has 3 rings (SSSR count). The smallest absolute Gasteiger partial charge is 0.109 e. The van der Waals surface area contributed by atoms with Crippen molar-refractivity contribution >= 4 is 0 Å². The summed E-state index contributed by atoms with van der Waals surface area (Å²) in [6.45, 7) is 5.93. The van der Waals surface area contributed by atoms with Gasteiger partial charge in [-0.15, -0.1) is 0 Å². The van der Waals surface area contributed by atoms with Crippen LogP contribution in [0.5, 0.6) is 0 Å². The van der Waals surface area contributed by atoms with Crippen molar-refractivity contribution in [3.05, 3.63) is 17.7 Å². The van der Waals surface area contributed by atoms with Gasteiger partial charge in [0.15, 0.2) is 0 Å². The first-order valence-corrected chi connectivity index (χ1v) is 7.07. The fraction of sp³-hybridized carbons (Fsp3) is 0.786. The van der Waals surface area contributed by atoms with E-state index >= 15 is 0 Å². The Hall–Kier alpha value is -0.830. The molecule has 1 saturated heterocycles. The third kappa shape index (κ3) is 2.39. The first-order chi connectivity index (χ1) is 8.33. The summed E-state index contributed by atoms with van der Waals surface area (Å²) >= 11 is 0. The standard InChI is InChI=1S/C14H23N3/c1-11-2-3-13-9-16-14(17(13)10-11)8-12-4-6-15-7-5-12/h9,11-12,15H,2-8,10H2,1H3. The van der Waals surface area contributed by atoms with Gasteiger partial charge in [0.05, 0.1) is 0 Å². The summed E-state index contributed by atoms with van der Waals surface area (Å²) in [4.78, 5) is 4.67. The van der Waals surface area contributed by atoms with Crippen molar-refractivity contribution in [1.82, 2.24) is 14.9 Å². The molecule has 94 valence electrons. The number of fused-ring (bicyclic) bond motifs is 1. The third-order valence-electron chi connectivity index (χ3n) is 4.34. The molecule has 0 radical (unpaired) electrons. The van der Waals surface area contributed by atoms with Crippen LogP contribution in [0.1, 0.15) is 37.7 Å². The minimum atomic E-state index is 0.823. The van der Waals surface area contributed by atoms with E-state index in [1.807, 2.05) is 0 Å². The van der Waals surface area contributed by atoms with Crippen LogP contribution in [0.15, 0.2) is 6.20 Å². The van der Waals surface area contributed by atoms with Crippen molar-refractivity contribution in [2.45, 2.75) is 45.6 Å². The largest absolute Gasteiger partial charge is 0.332 e. The number of imidazole rings is 1. The Morgan fingerprint density at radius 1 is 1.35 bits per heavy atom. The van der Waals surface area contributed by atoms with Gasteiger partial charge in [-0.05, 0) is 50.6 Å². The van der Waals surface area contributed by atoms with E-state index in [4.69, 9.17) is 0 Å². The lowest BCUT2D eigenvalue weighted by atomic mass is 9.94. The SMILES string of the molecule is CC1CCc2cnc(CC3CCNCC3)n2C1. The molecule has 0 spiro atoms. The third-order valence-corrected chi connectivity index (χ3v) is 4.34. The molecule has 1 fully saturated rings. The highest BCUT2D eigenvalue weighted by atomic mass is 15.1. The van der Waals surface area contributed by atoms with Crippen LogP contribution in [-0.2, 0) is 19.4 Å². The van der Waals surface area contributed by atoms with Gasteiger partial charge >= 0.3 is 0 Å². The molecule has 1 atom stereocenters. The maximum atomic E-state index is 4.67. The summed E-state index contributed by atoms with van der Waals surface area (Å²) in [5.41, 5.74) is 1.46. The van der Waals surface area contributed by atoms with Crippen LogP contribution in [0.2, 0.25) is 0 Å². The van der Waals surface area contributed by atoms with Crippen molar-refractivity contribution < 1.29 is 0 Å². The van der Waals surface area contributed by atoms with Crippen molar-refractivity contribution in [1.29, 1.82) is 0 Å². The zero-order valence-corrected chi connectivity index (χ0v) is 10.8. The maximum absolute atomic E-state index is 4.67. The molecule has 1 aromatic rings. The molecule has 3 heterocycles. The minimum Gasteiger partial charge on any atom is -0.332 e. The number of nitrogens with zero attached hydrogens (tertiary/aromatic N) is 2. The average Bonchev–Trinajstić information content (AvgIpc) is 2.73. The summed E-state index contributed by atoms with van der Waals surface area (Å²) in [6, 6.07) is 0. The molecule has 3 heteroatoms. The van der Waals surface area contributed by atoms with E-state index in [0.29, 0.717) is 0 Å². The second-order valence-corrected chi connectivity index (χ2v) is 5.82. The van der Waals surface area contributed by atoms with Crippen LogP contribution >= 0.6 is 0 Å². The zero-order valence-electron chi connectivity index (χ0n) is 10.8. The first kappa shape index (κ1) is 11.3. The summed E-state index contributed by atoms with van der Waals surface area (Å²) in [5.74, 6) is 3.02. The van der Waals surface area contributed by atoms with Crippen LogP contribution < -0.4 is 5.32 Å². The monoisotopic (exact) mass is 233 g/mol. The van der Waals surface area contributed by atoms with E-state index in [9.17, 15) is 0 Å². The van der Waals surface area contributed by atoms with Crippen molar-refractivity contribution in [3.63, 3.8) is 0 Å². The average molecular weight is 233 g/mol. The Bertz CT molecular complexity index is 377. The van der Waals surface area contributed by atoms with E-state index in [1.165, 1.54) is 63.3 Å². The Balaban J connectivity index is 1.72. The van der Waals surface area contributed by atoms with Gasteiger partial charge < -0.3 is 9.88 Å². The van der Waals surface area contributed by atoms with Gasteiger partial charge in [0, 0.05) is 24.9 Å². The Kier molecular flexibility index (Phi) is 3.19. The number of hydrogen-bond donors (Lipinski definition) is 1. The van der Waals surface area contributed by atoms with Gasteiger partial charge in [0.1, 0.15) is 5.82 Å². The summed E-state index contributed by atoms with van der Waals surface area (Å²) in [7, 11) is 0. The fourth-order valence-corrected chi connectivity index (χ4v) is 3.18. The molecule has 1 aromatic heterocycles. The molecule has 1 unspecified atom stereocenters. The lowest BCUT2D eigenvalue weighted by Gasteiger charge is -2.25. The lowest BCUT2D eigenvalue weighted by molar-refractivity contribution is 0.346. The van der Waals surface area contributed by atoms with Gasteiger partial charge in [-0.2, -0.15) is 0 Å². The van der Waals surface area contributed by atoms with Gasteiger partial charge in [0.2, 0.25) is 0 Å². The fourth-order valence-electron chi connectivity index (χ4n) is 3.18. The second-order valence-electron chi connectivity index (χ2n) is 5.82. The molecule has 0 saturated carbocycles. The predicted molar refractivity (Wildman–Crippen MR) is 69.0 cm³/mol. The molecule has 3 nitrogen and oxygen atoms in total. The van der Waals surface area contributed by atoms with Crippen LogP contribution in [0.4, 0.5) is 0 Å². The number of rotatable bonds is 2. The molecule has 0 aliphatic carbocycles. The summed E-state index contributed by atoms with van der Waals surface area (Å²) in [6.07, 6.45) is 8.49. The molecular formula is C14H23N3. The Labute approximate surface area is 104 Å². The van der Waals surface area contributed by atoms with E-state index in [-0.39, 0.29) is 0 Å². The van der Waals surface area contributed by atoms with E-state index in [0.717, 1.165) is 11.8 Å². The van der Waals surface area contributed by atoms with Gasteiger partial charge in [-0.3, -0.25) is 0 Å². The molecule has 0 aromatic carbocycles. The van der Waals surface area contributed by atoms with Crippen molar-refractivity contribution in [2.24, 2.45) is 11.8 Å². The highest BCUT2D eigenvalue weighted by molar-refractivity contribution is 5.09. The molecule has 1 N–H and O–H groups in total. The number of nitrogens with one attached hydrogen (secondary N) is 1. The number of hydrogen-bond acceptors (Lipinski definition) is 2. The first-order valence-electron chi connectivity index (χ1n) is 7.07. The number of aromatic nitrogens is 2. The number of piperidine rings is 1. The van der Waals surface area contributed by atoms with Crippen LogP contribution in [0.3, 0.4) is 0 Å². The Morgan fingerprint density at radius 2 is 2.18 bits per heavy atom. The molecule has 2 aliphatic heterocycles. The van der Waals surface area contributed by atoms with Crippen LogP contribution in [-0.4, -0.2) is 22.6 Å². The van der Waals surface area contributed by atoms with E-state index < -0.39 is 0 Å². The molecule has 0 amide bonds. The second kappa shape index (κ2) is 4.81. The number of aryl methyl sites for hydroxylation is 1. The van der Waals surface area contributed by atoms with Crippen LogP contribution in [0, 0.1) is 11.8 Å². The van der Waals surface area contributed by atoms with Gasteiger partial charge in [0.25, 0.3) is 0 Å². The minimum absolute atomic E-state index is 0.823. The molecule has 17 heavy (non-hydrogen) atoms. The van der Waals surface area contributed by atoms with E-state index in [2.05, 4.69) is 28.0 Å². The van der Waals surface area contributed by atoms with Gasteiger partial charge in [-0.1, -0.05) is 6.92 Å². The van der Waals surface area contributed by atoms with Crippen molar-refractivity contribution in [2.75, 3.05) is 13.1 Å². The zero-order chi connectivity index (χ0) is 11.7. The quantitative estimate of drug-likeness (QED) is 0.847. The lowest BCUT2D eigenvalue weighted by Crippen LogP contribution is -2.29. The predicted octanol–water partition coefficient (Wildman–Crippen LogP) is 2.01. The van der Waals surface area contributed by atoms with Gasteiger partial charge in [-0.25, -0.2) is 4.98 Å². The van der Waals surface area contributed by atoms with E-state index in [1.54, 1.807) is 0 Å². The normalized spacial score (nSPS) is 25.8. The Morgan fingerprint density at radius 3 is 3.00 bits per heavy atom. The summed E-state index contributed by atoms with van der Waals surface area (Å²) < 4.78 is 2.50. The van der Waals surface area contributed by atoms with Crippen LogP contribution in [0.25, 0.3) is 0 Å². The highest BCUT2D eigenvalue weighted by Gasteiger charge is 2.21.